The molecule has 0 spiro atoms. The van der Waals surface area contributed by atoms with Gasteiger partial charge in [0.15, 0.2) is 17.4 Å². The lowest BCUT2D eigenvalue weighted by Crippen LogP contribution is -2.46. The van der Waals surface area contributed by atoms with Crippen LogP contribution in [0.15, 0.2) is 72.8 Å². The van der Waals surface area contributed by atoms with Crippen molar-refractivity contribution < 1.29 is 35.1 Å². The van der Waals surface area contributed by atoms with Gasteiger partial charge in [0.1, 0.15) is 5.75 Å². The molecule has 3 aromatic rings. The number of aliphatic carboxylic acids is 2. The predicted molar refractivity (Wildman–Crippen MR) is 103 cm³/mol. The number of rotatable bonds is 6. The van der Waals surface area contributed by atoms with Crippen LogP contribution in [0.2, 0.25) is 0 Å². The summed E-state index contributed by atoms with van der Waals surface area (Å²) in [6.45, 7) is 0. The van der Waals surface area contributed by atoms with Gasteiger partial charge in [-0.2, -0.15) is 0 Å². The van der Waals surface area contributed by atoms with E-state index in [0.717, 1.165) is 12.1 Å². The Morgan fingerprint density at radius 2 is 1.07 bits per heavy atom. The molecule has 0 atom stereocenters. The van der Waals surface area contributed by atoms with Crippen LogP contribution in [0.5, 0.6) is 17.2 Å². The second-order valence-electron chi connectivity index (χ2n) is 6.51. The highest BCUT2D eigenvalue weighted by atomic mass is 16.4. The maximum absolute atomic E-state index is 12.2. The molecule has 0 aliphatic heterocycles. The molecule has 148 valence electrons. The Morgan fingerprint density at radius 3 is 1.48 bits per heavy atom. The van der Waals surface area contributed by atoms with E-state index in [4.69, 9.17) is 0 Å². The zero-order chi connectivity index (χ0) is 21.2. The number of carboxylic acids is 2. The summed E-state index contributed by atoms with van der Waals surface area (Å²) in [6.07, 6.45) is 0. The molecule has 29 heavy (non-hydrogen) atoms. The first-order valence-corrected chi connectivity index (χ1v) is 8.62. The van der Waals surface area contributed by atoms with Gasteiger partial charge in [-0.1, -0.05) is 60.7 Å². The molecule has 0 radical (unpaired) electrons. The average molecular weight is 394 g/mol. The van der Waals surface area contributed by atoms with Crippen LogP contribution in [-0.4, -0.2) is 37.5 Å². The Kier molecular flexibility index (Phi) is 5.14. The van der Waals surface area contributed by atoms with Crippen molar-refractivity contribution in [3.63, 3.8) is 0 Å². The van der Waals surface area contributed by atoms with E-state index in [9.17, 15) is 35.1 Å². The van der Waals surface area contributed by atoms with E-state index >= 15 is 0 Å². The van der Waals surface area contributed by atoms with Crippen LogP contribution in [0.25, 0.3) is 0 Å². The van der Waals surface area contributed by atoms with E-state index < -0.39 is 40.5 Å². The van der Waals surface area contributed by atoms with Gasteiger partial charge in [0.05, 0.1) is 5.41 Å². The third-order valence-corrected chi connectivity index (χ3v) is 4.90. The normalized spacial score (nSPS) is 11.3. The fraction of sp³-hybridized carbons (Fsp3) is 0.0909. The third kappa shape index (κ3) is 3.23. The lowest BCUT2D eigenvalue weighted by atomic mass is 9.61. The van der Waals surface area contributed by atoms with Crippen molar-refractivity contribution in [2.75, 3.05) is 0 Å². The lowest BCUT2D eigenvalue weighted by molar-refractivity contribution is -0.156. The van der Waals surface area contributed by atoms with Crippen LogP contribution in [0, 0.1) is 5.92 Å². The molecule has 0 saturated heterocycles. The summed E-state index contributed by atoms with van der Waals surface area (Å²) in [6, 6.07) is 17.9. The number of carbonyl (C=O) groups is 2. The van der Waals surface area contributed by atoms with E-state index in [2.05, 4.69) is 0 Å². The van der Waals surface area contributed by atoms with Crippen molar-refractivity contribution in [3.05, 3.63) is 89.5 Å². The molecule has 0 aromatic heterocycles. The van der Waals surface area contributed by atoms with Crippen LogP contribution < -0.4 is 0 Å². The number of aromatic hydroxyl groups is 3. The summed E-state index contributed by atoms with van der Waals surface area (Å²) in [7, 11) is 0. The zero-order valence-electron chi connectivity index (χ0n) is 15.1. The van der Waals surface area contributed by atoms with Crippen LogP contribution >= 0.6 is 0 Å². The summed E-state index contributed by atoms with van der Waals surface area (Å²) >= 11 is 0. The summed E-state index contributed by atoms with van der Waals surface area (Å²) in [5, 5.41) is 50.3. The fourth-order valence-corrected chi connectivity index (χ4v) is 3.73. The summed E-state index contributed by atoms with van der Waals surface area (Å²) in [5.74, 6) is -7.11. The lowest BCUT2D eigenvalue weighted by Gasteiger charge is -2.39. The van der Waals surface area contributed by atoms with Gasteiger partial charge in [0.25, 0.3) is 0 Å². The van der Waals surface area contributed by atoms with Crippen LogP contribution in [0.4, 0.5) is 0 Å². The molecule has 0 amide bonds. The molecule has 3 rings (SSSR count). The fourth-order valence-electron chi connectivity index (χ4n) is 3.73. The van der Waals surface area contributed by atoms with Gasteiger partial charge in [-0.05, 0) is 17.2 Å². The van der Waals surface area contributed by atoms with Crippen molar-refractivity contribution in [1.82, 2.24) is 0 Å². The van der Waals surface area contributed by atoms with E-state index in [0.29, 0.717) is 0 Å². The Labute approximate surface area is 165 Å². The SMILES string of the molecule is O=C(O)C(C(=O)O)C(c1ccccc1)(c1ccccc1)c1cc(O)c(O)cc1O. The number of benzene rings is 3. The summed E-state index contributed by atoms with van der Waals surface area (Å²) in [5.41, 5.74) is -1.52. The molecule has 0 aliphatic carbocycles. The van der Waals surface area contributed by atoms with Crippen LogP contribution in [0.1, 0.15) is 16.7 Å². The topological polar surface area (TPSA) is 135 Å². The van der Waals surface area contributed by atoms with Gasteiger partial charge in [-0.3, -0.25) is 9.59 Å². The number of hydrogen-bond acceptors (Lipinski definition) is 5. The van der Waals surface area contributed by atoms with Gasteiger partial charge < -0.3 is 25.5 Å². The first-order chi connectivity index (χ1) is 13.8. The van der Waals surface area contributed by atoms with Crippen molar-refractivity contribution in [3.8, 4) is 17.2 Å². The molecule has 7 heteroatoms. The second-order valence-corrected chi connectivity index (χ2v) is 6.51. The van der Waals surface area contributed by atoms with Crippen LogP contribution in [0.3, 0.4) is 0 Å². The molecule has 0 unspecified atom stereocenters. The van der Waals surface area contributed by atoms with Crippen molar-refractivity contribution in [1.29, 1.82) is 0 Å². The van der Waals surface area contributed by atoms with Gasteiger partial charge in [-0.25, -0.2) is 0 Å². The Morgan fingerprint density at radius 1 is 0.655 bits per heavy atom. The van der Waals surface area contributed by atoms with E-state index in [1.54, 1.807) is 60.7 Å². The third-order valence-electron chi connectivity index (χ3n) is 4.90. The maximum atomic E-state index is 12.2. The maximum Gasteiger partial charge on any atom is 0.319 e. The second kappa shape index (κ2) is 7.55. The molecule has 0 heterocycles. The average Bonchev–Trinajstić information content (AvgIpc) is 2.69. The molecule has 0 aliphatic rings. The van der Waals surface area contributed by atoms with Gasteiger partial charge in [0.2, 0.25) is 0 Å². The summed E-state index contributed by atoms with van der Waals surface area (Å²) < 4.78 is 0. The van der Waals surface area contributed by atoms with Crippen molar-refractivity contribution in [2.24, 2.45) is 5.92 Å². The smallest absolute Gasteiger partial charge is 0.319 e. The molecule has 7 nitrogen and oxygen atoms in total. The molecule has 5 N–H and O–H groups in total. The highest BCUT2D eigenvalue weighted by Crippen LogP contribution is 2.50. The first kappa shape index (κ1) is 19.8. The number of phenols is 3. The largest absolute Gasteiger partial charge is 0.507 e. The monoisotopic (exact) mass is 394 g/mol. The van der Waals surface area contributed by atoms with Crippen molar-refractivity contribution >= 4 is 11.9 Å². The first-order valence-electron chi connectivity index (χ1n) is 8.62. The highest BCUT2D eigenvalue weighted by Gasteiger charge is 2.53. The molecule has 0 bridgehead atoms. The van der Waals surface area contributed by atoms with Gasteiger partial charge in [0, 0.05) is 11.6 Å². The van der Waals surface area contributed by atoms with E-state index in [1.807, 2.05) is 0 Å². The Bertz CT molecular complexity index is 992. The number of phenolic OH excluding ortho intramolecular Hbond substituents is 3. The van der Waals surface area contributed by atoms with Crippen LogP contribution in [-0.2, 0) is 15.0 Å². The zero-order valence-corrected chi connectivity index (χ0v) is 15.1. The van der Waals surface area contributed by atoms with E-state index in [1.165, 1.54) is 0 Å². The van der Waals surface area contributed by atoms with Crippen molar-refractivity contribution in [2.45, 2.75) is 5.41 Å². The Hall–Kier alpha value is -4.00. The minimum Gasteiger partial charge on any atom is -0.507 e. The molecule has 0 fully saturated rings. The molecule has 0 saturated carbocycles. The molecule has 3 aromatic carbocycles. The molecular formula is C22H18O7. The summed E-state index contributed by atoms with van der Waals surface area (Å²) in [4.78, 5) is 24.4. The number of hydrogen-bond donors (Lipinski definition) is 5. The van der Waals surface area contributed by atoms with E-state index in [-0.39, 0.29) is 16.7 Å². The predicted octanol–water partition coefficient (Wildman–Crippen LogP) is 2.92. The van der Waals surface area contributed by atoms with Gasteiger partial charge >= 0.3 is 11.9 Å². The standard InChI is InChI=1S/C22H18O7/c23-16-12-18(25)17(24)11-15(16)22(13-7-3-1-4-8-13,14-9-5-2-6-10-14)19(20(26)27)21(28)29/h1-12,19,23-25H,(H,26,27)(H,28,29). The molecular weight excluding hydrogens is 376 g/mol. The van der Waals surface area contributed by atoms with Gasteiger partial charge in [-0.15, -0.1) is 0 Å². The minimum absolute atomic E-state index is 0.167. The minimum atomic E-state index is -2.05. The quantitative estimate of drug-likeness (QED) is 0.188. The Balaban J connectivity index is 2.56. The highest BCUT2D eigenvalue weighted by molar-refractivity contribution is 5.97. The number of carboxylic acid groups (broad SMARTS) is 2.